The number of hydrogen-bond donors (Lipinski definition) is 1. The van der Waals surface area contributed by atoms with E-state index in [0.29, 0.717) is 5.92 Å². The minimum Gasteiger partial charge on any atom is -0.327 e. The molecule has 21 heavy (non-hydrogen) atoms. The number of rotatable bonds is 2. The Morgan fingerprint density at radius 2 is 1.86 bits per heavy atom. The number of hydrogen-bond acceptors (Lipinski definition) is 2. The Morgan fingerprint density at radius 3 is 2.43 bits per heavy atom. The molecule has 1 saturated carbocycles. The zero-order valence-electron chi connectivity index (χ0n) is 14.0. The summed E-state index contributed by atoms with van der Waals surface area (Å²) in [6.45, 7) is 11.0. The molecule has 1 aromatic carbocycles. The van der Waals surface area contributed by atoms with Crippen LogP contribution in [-0.2, 0) is 10.8 Å². The van der Waals surface area contributed by atoms with Gasteiger partial charge in [-0.05, 0) is 56.1 Å². The highest BCUT2D eigenvalue weighted by atomic mass is 32.2. The van der Waals surface area contributed by atoms with E-state index < -0.39 is 10.8 Å². The summed E-state index contributed by atoms with van der Waals surface area (Å²) in [5.74, 6) is 0.608. The highest BCUT2D eigenvalue weighted by Crippen LogP contribution is 2.40. The molecule has 1 fully saturated rings. The van der Waals surface area contributed by atoms with E-state index in [1.54, 1.807) is 0 Å². The average Bonchev–Trinajstić information content (AvgIpc) is 2.37. The molecule has 4 unspecified atom stereocenters. The summed E-state index contributed by atoms with van der Waals surface area (Å²) in [6, 6.07) is 6.25. The van der Waals surface area contributed by atoms with E-state index in [-0.39, 0.29) is 16.7 Å². The van der Waals surface area contributed by atoms with Crippen LogP contribution in [-0.4, -0.2) is 15.5 Å². The van der Waals surface area contributed by atoms with Crippen molar-refractivity contribution in [2.75, 3.05) is 0 Å². The average molecular weight is 308 g/mol. The fraction of sp³-hybridized carbons (Fsp3) is 0.667. The molecular weight excluding hydrogens is 278 g/mol. The van der Waals surface area contributed by atoms with Gasteiger partial charge in [0.2, 0.25) is 0 Å². The maximum Gasteiger partial charge on any atom is 0.0579 e. The largest absolute Gasteiger partial charge is 0.327 e. The third kappa shape index (κ3) is 3.75. The van der Waals surface area contributed by atoms with Crippen molar-refractivity contribution in [2.24, 2.45) is 17.1 Å². The summed E-state index contributed by atoms with van der Waals surface area (Å²) in [6.07, 6.45) is 3.12. The maximum absolute atomic E-state index is 13.0. The van der Waals surface area contributed by atoms with Crippen LogP contribution in [0.5, 0.6) is 0 Å². The SMILES string of the molecule is Cc1ccc(S(=O)C2CC(C(C)(C)C)CCC2N)c(C)c1. The molecule has 0 aromatic heterocycles. The van der Waals surface area contributed by atoms with Gasteiger partial charge in [-0.1, -0.05) is 38.5 Å². The van der Waals surface area contributed by atoms with Gasteiger partial charge in [0.05, 0.1) is 16.0 Å². The fourth-order valence-electron chi connectivity index (χ4n) is 3.37. The van der Waals surface area contributed by atoms with Crippen LogP contribution in [0.2, 0.25) is 0 Å². The van der Waals surface area contributed by atoms with E-state index in [1.807, 2.05) is 6.07 Å². The summed E-state index contributed by atoms with van der Waals surface area (Å²) in [4.78, 5) is 0.968. The van der Waals surface area contributed by atoms with Gasteiger partial charge < -0.3 is 5.73 Å². The monoisotopic (exact) mass is 307 g/mol. The molecule has 4 atom stereocenters. The molecule has 0 saturated heterocycles. The molecule has 118 valence electrons. The Morgan fingerprint density at radius 1 is 1.19 bits per heavy atom. The first-order chi connectivity index (χ1) is 9.70. The second-order valence-electron chi connectivity index (χ2n) is 7.64. The lowest BCUT2D eigenvalue weighted by Gasteiger charge is -2.40. The second kappa shape index (κ2) is 6.21. The lowest BCUT2D eigenvalue weighted by Crippen LogP contribution is -2.45. The van der Waals surface area contributed by atoms with Crippen molar-refractivity contribution in [3.05, 3.63) is 29.3 Å². The Labute approximate surface area is 132 Å². The van der Waals surface area contributed by atoms with Crippen molar-refractivity contribution in [1.82, 2.24) is 0 Å². The van der Waals surface area contributed by atoms with Gasteiger partial charge in [-0.2, -0.15) is 0 Å². The summed E-state index contributed by atoms with van der Waals surface area (Å²) in [5, 5.41) is 0.0874. The molecule has 3 heteroatoms. The molecule has 1 aromatic rings. The summed E-state index contributed by atoms with van der Waals surface area (Å²) in [5.41, 5.74) is 8.92. The first-order valence-electron chi connectivity index (χ1n) is 7.93. The third-order valence-electron chi connectivity index (χ3n) is 4.89. The molecule has 0 heterocycles. The van der Waals surface area contributed by atoms with Crippen molar-refractivity contribution in [3.63, 3.8) is 0 Å². The van der Waals surface area contributed by atoms with E-state index >= 15 is 0 Å². The van der Waals surface area contributed by atoms with E-state index in [1.165, 1.54) is 5.56 Å². The Bertz CT molecular complexity index is 533. The molecule has 2 nitrogen and oxygen atoms in total. The lowest BCUT2D eigenvalue weighted by atomic mass is 9.71. The van der Waals surface area contributed by atoms with Crippen molar-refractivity contribution in [1.29, 1.82) is 0 Å². The Balaban J connectivity index is 2.24. The van der Waals surface area contributed by atoms with Gasteiger partial charge >= 0.3 is 0 Å². The van der Waals surface area contributed by atoms with Gasteiger partial charge in [0, 0.05) is 10.9 Å². The zero-order chi connectivity index (χ0) is 15.8. The van der Waals surface area contributed by atoms with Crippen molar-refractivity contribution in [3.8, 4) is 0 Å². The molecule has 1 aliphatic carbocycles. The molecule has 2 N–H and O–H groups in total. The second-order valence-corrected chi connectivity index (χ2v) is 9.28. The molecular formula is C18H29NOS. The van der Waals surface area contributed by atoms with Crippen LogP contribution in [0.15, 0.2) is 23.1 Å². The van der Waals surface area contributed by atoms with E-state index in [9.17, 15) is 4.21 Å². The number of benzene rings is 1. The van der Waals surface area contributed by atoms with Crippen LogP contribution in [0.25, 0.3) is 0 Å². The van der Waals surface area contributed by atoms with Gasteiger partial charge in [0.25, 0.3) is 0 Å². The predicted molar refractivity (Wildman–Crippen MR) is 90.9 cm³/mol. The first kappa shape index (κ1) is 16.7. The summed E-state index contributed by atoms with van der Waals surface area (Å²) >= 11 is 0. The molecule has 0 bridgehead atoms. The van der Waals surface area contributed by atoms with Crippen LogP contribution in [0.1, 0.15) is 51.2 Å². The Hall–Kier alpha value is -0.670. The minimum atomic E-state index is -1.00. The van der Waals surface area contributed by atoms with E-state index in [4.69, 9.17) is 5.73 Å². The Kier molecular flexibility index (Phi) is 4.94. The smallest absolute Gasteiger partial charge is 0.0579 e. The third-order valence-corrected chi connectivity index (χ3v) is 6.87. The molecule has 1 aliphatic rings. The molecule has 0 radical (unpaired) electrons. The molecule has 0 spiro atoms. The highest BCUT2D eigenvalue weighted by Gasteiger charge is 2.37. The van der Waals surface area contributed by atoms with E-state index in [2.05, 4.69) is 46.8 Å². The van der Waals surface area contributed by atoms with Crippen LogP contribution >= 0.6 is 0 Å². The first-order valence-corrected chi connectivity index (χ1v) is 9.15. The lowest BCUT2D eigenvalue weighted by molar-refractivity contribution is 0.173. The highest BCUT2D eigenvalue weighted by molar-refractivity contribution is 7.85. The molecule has 0 amide bonds. The van der Waals surface area contributed by atoms with Crippen molar-refractivity contribution in [2.45, 2.75) is 70.1 Å². The zero-order valence-corrected chi connectivity index (χ0v) is 14.8. The number of nitrogens with two attached hydrogens (primary N) is 1. The normalized spacial score (nSPS) is 28.4. The van der Waals surface area contributed by atoms with Gasteiger partial charge in [-0.3, -0.25) is 4.21 Å². The standard InChI is InChI=1S/C18H29NOS/c1-12-6-9-16(13(2)10-12)21(20)17-11-14(18(3,4)5)7-8-15(17)19/h6,9-10,14-15,17H,7-8,11,19H2,1-5H3. The molecule has 2 rings (SSSR count). The fourth-order valence-corrected chi connectivity index (χ4v) is 5.14. The van der Waals surface area contributed by atoms with Crippen molar-refractivity contribution < 1.29 is 4.21 Å². The quantitative estimate of drug-likeness (QED) is 0.899. The topological polar surface area (TPSA) is 43.1 Å². The van der Waals surface area contributed by atoms with Gasteiger partial charge in [0.1, 0.15) is 0 Å². The summed E-state index contributed by atoms with van der Waals surface area (Å²) in [7, 11) is -1.00. The predicted octanol–water partition coefficient (Wildman–Crippen LogP) is 3.95. The van der Waals surface area contributed by atoms with Crippen LogP contribution in [0.3, 0.4) is 0 Å². The van der Waals surface area contributed by atoms with Crippen LogP contribution in [0.4, 0.5) is 0 Å². The molecule has 0 aliphatic heterocycles. The van der Waals surface area contributed by atoms with Crippen molar-refractivity contribution >= 4 is 10.8 Å². The van der Waals surface area contributed by atoms with Gasteiger partial charge in [0.15, 0.2) is 0 Å². The summed E-state index contributed by atoms with van der Waals surface area (Å²) < 4.78 is 13.0. The maximum atomic E-state index is 13.0. The minimum absolute atomic E-state index is 0.0603. The van der Waals surface area contributed by atoms with Crippen LogP contribution in [0, 0.1) is 25.2 Å². The van der Waals surface area contributed by atoms with Gasteiger partial charge in [-0.15, -0.1) is 0 Å². The van der Waals surface area contributed by atoms with Gasteiger partial charge in [-0.25, -0.2) is 0 Å². The number of aryl methyl sites for hydroxylation is 2. The van der Waals surface area contributed by atoms with E-state index in [0.717, 1.165) is 29.7 Å². The van der Waals surface area contributed by atoms with Crippen LogP contribution < -0.4 is 5.73 Å².